The van der Waals surface area contributed by atoms with Crippen LogP contribution >= 0.6 is 0 Å². The first kappa shape index (κ1) is 14.6. The highest BCUT2D eigenvalue weighted by atomic mass is 16.5. The van der Waals surface area contributed by atoms with E-state index in [2.05, 4.69) is 29.5 Å². The molecule has 0 aliphatic rings. The lowest BCUT2D eigenvalue weighted by atomic mass is 10.1. The molecular formula is C18H21N3O. The first-order valence-corrected chi connectivity index (χ1v) is 7.51. The second-order valence-electron chi connectivity index (χ2n) is 5.43. The summed E-state index contributed by atoms with van der Waals surface area (Å²) in [4.78, 5) is 4.81. The standard InChI is InChI=1S/C18H21N3O/c1-13-5-3-8-18-20-16(17(9-10-19)21(13)18)12-14-6-4-7-15(11-14)22-2/h3-8,11H,9-10,12,19H2,1-2H3. The van der Waals surface area contributed by atoms with Crippen LogP contribution in [0.2, 0.25) is 0 Å². The molecule has 0 amide bonds. The smallest absolute Gasteiger partial charge is 0.137 e. The fourth-order valence-corrected chi connectivity index (χ4v) is 2.88. The van der Waals surface area contributed by atoms with E-state index in [1.165, 1.54) is 17.0 Å². The van der Waals surface area contributed by atoms with Crippen LogP contribution in [0.5, 0.6) is 5.75 Å². The molecule has 0 aliphatic carbocycles. The number of imidazole rings is 1. The molecule has 2 heterocycles. The second kappa shape index (κ2) is 6.20. The van der Waals surface area contributed by atoms with Gasteiger partial charge in [0.05, 0.1) is 12.8 Å². The Bertz CT molecular complexity index is 792. The molecule has 0 atom stereocenters. The Morgan fingerprint density at radius 3 is 2.77 bits per heavy atom. The molecule has 0 spiro atoms. The second-order valence-corrected chi connectivity index (χ2v) is 5.43. The van der Waals surface area contributed by atoms with E-state index in [-0.39, 0.29) is 0 Å². The number of aromatic nitrogens is 2. The predicted molar refractivity (Wildman–Crippen MR) is 88.5 cm³/mol. The van der Waals surface area contributed by atoms with Gasteiger partial charge in [0.1, 0.15) is 11.4 Å². The molecule has 3 aromatic rings. The lowest BCUT2D eigenvalue weighted by Gasteiger charge is -2.07. The van der Waals surface area contributed by atoms with Crippen LogP contribution in [-0.4, -0.2) is 23.0 Å². The summed E-state index contributed by atoms with van der Waals surface area (Å²) >= 11 is 0. The Morgan fingerprint density at radius 1 is 1.18 bits per heavy atom. The minimum atomic E-state index is 0.618. The Kier molecular flexibility index (Phi) is 4.11. The normalized spacial score (nSPS) is 11.0. The number of hydrogen-bond donors (Lipinski definition) is 1. The summed E-state index contributed by atoms with van der Waals surface area (Å²) < 4.78 is 7.51. The molecule has 0 unspecified atom stereocenters. The molecule has 1 aromatic carbocycles. The molecule has 0 aliphatic heterocycles. The average Bonchev–Trinajstić information content (AvgIpc) is 2.87. The molecule has 0 fully saturated rings. The third-order valence-electron chi connectivity index (χ3n) is 3.90. The van der Waals surface area contributed by atoms with Crippen molar-refractivity contribution in [2.45, 2.75) is 19.8 Å². The molecule has 2 aromatic heterocycles. The number of nitrogens with two attached hydrogens (primary N) is 1. The third kappa shape index (κ3) is 2.70. The molecule has 4 nitrogen and oxygen atoms in total. The Hall–Kier alpha value is -2.33. The van der Waals surface area contributed by atoms with Gasteiger partial charge < -0.3 is 14.9 Å². The first-order chi connectivity index (χ1) is 10.7. The summed E-state index contributed by atoms with van der Waals surface area (Å²) in [5.74, 6) is 0.873. The van der Waals surface area contributed by atoms with Gasteiger partial charge in [0.25, 0.3) is 0 Å². The number of methoxy groups -OCH3 is 1. The van der Waals surface area contributed by atoms with Gasteiger partial charge in [-0.1, -0.05) is 18.2 Å². The molecule has 0 saturated carbocycles. The molecular weight excluding hydrogens is 274 g/mol. The molecule has 114 valence electrons. The van der Waals surface area contributed by atoms with E-state index in [0.717, 1.165) is 29.9 Å². The molecule has 0 bridgehead atoms. The van der Waals surface area contributed by atoms with Gasteiger partial charge in [-0.05, 0) is 43.3 Å². The van der Waals surface area contributed by atoms with Crippen LogP contribution < -0.4 is 10.5 Å². The predicted octanol–water partition coefficient (Wildman–Crippen LogP) is 2.74. The van der Waals surface area contributed by atoms with Crippen LogP contribution in [0.3, 0.4) is 0 Å². The van der Waals surface area contributed by atoms with Gasteiger partial charge in [-0.15, -0.1) is 0 Å². The van der Waals surface area contributed by atoms with E-state index in [0.29, 0.717) is 6.54 Å². The van der Waals surface area contributed by atoms with Crippen molar-refractivity contribution >= 4 is 5.65 Å². The van der Waals surface area contributed by atoms with Crippen molar-refractivity contribution in [2.75, 3.05) is 13.7 Å². The van der Waals surface area contributed by atoms with Gasteiger partial charge in [0.2, 0.25) is 0 Å². The molecule has 3 rings (SSSR count). The first-order valence-electron chi connectivity index (χ1n) is 7.51. The van der Waals surface area contributed by atoms with Crippen molar-refractivity contribution in [3.63, 3.8) is 0 Å². The van der Waals surface area contributed by atoms with Crippen molar-refractivity contribution in [2.24, 2.45) is 5.73 Å². The Balaban J connectivity index is 2.05. The lowest BCUT2D eigenvalue weighted by Crippen LogP contribution is -2.08. The van der Waals surface area contributed by atoms with Crippen LogP contribution in [0.1, 0.15) is 22.6 Å². The van der Waals surface area contributed by atoms with Gasteiger partial charge >= 0.3 is 0 Å². The quantitative estimate of drug-likeness (QED) is 0.787. The van der Waals surface area contributed by atoms with E-state index in [9.17, 15) is 0 Å². The number of rotatable bonds is 5. The number of nitrogens with zero attached hydrogens (tertiary/aromatic N) is 2. The van der Waals surface area contributed by atoms with E-state index in [4.69, 9.17) is 15.5 Å². The summed E-state index contributed by atoms with van der Waals surface area (Å²) in [6.45, 7) is 2.72. The van der Waals surface area contributed by atoms with Gasteiger partial charge in [0, 0.05) is 24.2 Å². The lowest BCUT2D eigenvalue weighted by molar-refractivity contribution is 0.414. The zero-order valence-electron chi connectivity index (χ0n) is 13.0. The highest BCUT2D eigenvalue weighted by Crippen LogP contribution is 2.21. The molecule has 0 radical (unpaired) electrons. The molecule has 22 heavy (non-hydrogen) atoms. The Morgan fingerprint density at radius 2 is 2.00 bits per heavy atom. The van der Waals surface area contributed by atoms with Crippen molar-refractivity contribution in [1.29, 1.82) is 0 Å². The van der Waals surface area contributed by atoms with Crippen LogP contribution in [0.4, 0.5) is 0 Å². The third-order valence-corrected chi connectivity index (χ3v) is 3.90. The zero-order valence-corrected chi connectivity index (χ0v) is 13.0. The molecule has 2 N–H and O–H groups in total. The van der Waals surface area contributed by atoms with E-state index in [1.807, 2.05) is 24.3 Å². The van der Waals surface area contributed by atoms with Crippen molar-refractivity contribution < 1.29 is 4.74 Å². The summed E-state index contributed by atoms with van der Waals surface area (Å²) in [6, 6.07) is 14.3. The molecule has 4 heteroatoms. The topological polar surface area (TPSA) is 52.5 Å². The van der Waals surface area contributed by atoms with Crippen molar-refractivity contribution in [3.8, 4) is 5.75 Å². The largest absolute Gasteiger partial charge is 0.497 e. The van der Waals surface area contributed by atoms with Crippen molar-refractivity contribution in [1.82, 2.24) is 9.38 Å². The summed E-state index contributed by atoms with van der Waals surface area (Å²) in [5, 5.41) is 0. The van der Waals surface area contributed by atoms with Crippen LogP contribution in [-0.2, 0) is 12.8 Å². The summed E-state index contributed by atoms with van der Waals surface area (Å²) in [6.07, 6.45) is 1.61. The maximum atomic E-state index is 5.81. The summed E-state index contributed by atoms with van der Waals surface area (Å²) in [7, 11) is 1.69. The number of hydrogen-bond acceptors (Lipinski definition) is 3. The minimum absolute atomic E-state index is 0.618. The zero-order chi connectivity index (χ0) is 15.5. The van der Waals surface area contributed by atoms with Gasteiger partial charge in [-0.2, -0.15) is 0 Å². The number of pyridine rings is 1. The Labute approximate surface area is 130 Å². The highest BCUT2D eigenvalue weighted by molar-refractivity contribution is 5.46. The minimum Gasteiger partial charge on any atom is -0.497 e. The van der Waals surface area contributed by atoms with Crippen molar-refractivity contribution in [3.05, 3.63) is 65.1 Å². The van der Waals surface area contributed by atoms with Crippen LogP contribution in [0.25, 0.3) is 5.65 Å². The van der Waals surface area contributed by atoms with Gasteiger partial charge in [-0.25, -0.2) is 4.98 Å². The molecule has 0 saturated heterocycles. The van der Waals surface area contributed by atoms with Crippen LogP contribution in [0.15, 0.2) is 42.5 Å². The SMILES string of the molecule is COc1cccc(Cc2nc3cccc(C)n3c2CCN)c1. The number of ether oxygens (including phenoxy) is 1. The van der Waals surface area contributed by atoms with E-state index in [1.54, 1.807) is 7.11 Å². The van der Waals surface area contributed by atoms with Gasteiger partial charge in [0.15, 0.2) is 0 Å². The monoisotopic (exact) mass is 295 g/mol. The number of fused-ring (bicyclic) bond motifs is 1. The van der Waals surface area contributed by atoms with E-state index >= 15 is 0 Å². The fourth-order valence-electron chi connectivity index (χ4n) is 2.88. The van der Waals surface area contributed by atoms with Crippen LogP contribution in [0, 0.1) is 6.92 Å². The highest BCUT2D eigenvalue weighted by Gasteiger charge is 2.13. The maximum Gasteiger partial charge on any atom is 0.137 e. The number of aryl methyl sites for hydroxylation is 1. The average molecular weight is 295 g/mol. The fraction of sp³-hybridized carbons (Fsp3) is 0.278. The van der Waals surface area contributed by atoms with Gasteiger partial charge in [-0.3, -0.25) is 0 Å². The van der Waals surface area contributed by atoms with E-state index < -0.39 is 0 Å². The maximum absolute atomic E-state index is 5.81. The number of benzene rings is 1. The summed E-state index contributed by atoms with van der Waals surface area (Å²) in [5.41, 5.74) is 11.5.